The van der Waals surface area contributed by atoms with Crippen LogP contribution >= 0.6 is 0 Å². The van der Waals surface area contributed by atoms with E-state index in [0.29, 0.717) is 0 Å². The van der Waals surface area contributed by atoms with Crippen LogP contribution in [0.5, 0.6) is 0 Å². The van der Waals surface area contributed by atoms with Crippen molar-refractivity contribution in [3.8, 4) is 0 Å². The third-order valence-electron chi connectivity index (χ3n) is 1.73. The predicted octanol–water partition coefficient (Wildman–Crippen LogP) is -1.44. The van der Waals surface area contributed by atoms with Gasteiger partial charge in [-0.05, 0) is 24.3 Å². The van der Waals surface area contributed by atoms with E-state index in [1.165, 1.54) is 24.3 Å². The van der Waals surface area contributed by atoms with Gasteiger partial charge in [0.15, 0.2) is 6.29 Å². The predicted molar refractivity (Wildman–Crippen MR) is 66.2 cm³/mol. The van der Waals surface area contributed by atoms with E-state index < -0.39 is 24.8 Å². The third kappa shape index (κ3) is 6.27. The van der Waals surface area contributed by atoms with Gasteiger partial charge in [-0.2, -0.15) is 0 Å². The van der Waals surface area contributed by atoms with Crippen molar-refractivity contribution in [3.63, 3.8) is 0 Å². The molecular weight excluding hydrogens is 230 g/mol. The van der Waals surface area contributed by atoms with Gasteiger partial charge in [0.05, 0.1) is 11.1 Å². The van der Waals surface area contributed by atoms with Crippen molar-refractivity contribution >= 4 is 49.7 Å². The Morgan fingerprint density at radius 3 is 1.89 bits per heavy atom. The molecule has 0 aromatic heterocycles. The number of carboxylic acid groups (broad SMARTS) is 1. The molecule has 0 saturated heterocycles. The fourth-order valence-corrected chi connectivity index (χ4v) is 0.982. The third-order valence-corrected chi connectivity index (χ3v) is 1.73. The molecule has 3 N–H and O–H groups in total. The van der Waals surface area contributed by atoms with Crippen LogP contribution in [0, 0.1) is 0 Å². The number of hydrogen-bond donors (Lipinski definition) is 3. The van der Waals surface area contributed by atoms with Crippen LogP contribution in [0.4, 0.5) is 0 Å². The molecule has 0 bridgehead atoms. The van der Waals surface area contributed by atoms with Crippen LogP contribution in [-0.2, 0) is 4.74 Å². The molecule has 0 saturated carbocycles. The molecule has 6 nitrogen and oxygen atoms in total. The molecule has 18 heavy (non-hydrogen) atoms. The van der Waals surface area contributed by atoms with Crippen LogP contribution < -0.4 is 0 Å². The molecule has 0 unspecified atom stereocenters. The summed E-state index contributed by atoms with van der Waals surface area (Å²) in [5, 5.41) is 25.5. The van der Waals surface area contributed by atoms with E-state index in [4.69, 9.17) is 15.3 Å². The van der Waals surface area contributed by atoms with Crippen molar-refractivity contribution < 1.29 is 29.6 Å². The van der Waals surface area contributed by atoms with Gasteiger partial charge in [-0.3, -0.25) is 0 Å². The van der Waals surface area contributed by atoms with E-state index in [-0.39, 0.29) is 48.8 Å². The monoisotopic (exact) mass is 242 g/mol. The van der Waals surface area contributed by atoms with E-state index in [1.54, 1.807) is 0 Å². The van der Waals surface area contributed by atoms with Crippen molar-refractivity contribution in [1.29, 1.82) is 0 Å². The minimum absolute atomic E-state index is 0. The number of aliphatic hydroxyl groups is 2. The second-order valence-electron chi connectivity index (χ2n) is 2.96. The van der Waals surface area contributed by atoms with E-state index in [0.717, 1.165) is 0 Å². The summed E-state index contributed by atoms with van der Waals surface area (Å²) in [6.07, 6.45) is -1.72. The molecule has 8 heteroatoms. The van der Waals surface area contributed by atoms with E-state index in [2.05, 4.69) is 4.74 Å². The number of ether oxygens (including phenoxy) is 1. The number of aromatic carboxylic acids is 1. The summed E-state index contributed by atoms with van der Waals surface area (Å²) in [7, 11) is 0. The summed E-state index contributed by atoms with van der Waals surface area (Å²) >= 11 is 0. The van der Waals surface area contributed by atoms with Crippen LogP contribution in [0.1, 0.15) is 20.7 Å². The fraction of sp³-hybridized carbons (Fsp3) is 0.200. The Kier molecular flexibility index (Phi) is 10.1. The van der Waals surface area contributed by atoms with Crippen molar-refractivity contribution in [2.24, 2.45) is 0 Å². The quantitative estimate of drug-likeness (QED) is 0.339. The van der Waals surface area contributed by atoms with Crippen LogP contribution in [0.25, 0.3) is 0 Å². The Balaban J connectivity index is 0. The Hall–Kier alpha value is -0.725. The number of rotatable bonds is 4. The molecule has 90 valence electrons. The van der Waals surface area contributed by atoms with Crippen molar-refractivity contribution in [2.45, 2.75) is 6.29 Å². The number of aliphatic hydroxyl groups excluding tert-OH is 1. The molecule has 0 aliphatic rings. The maximum absolute atomic E-state index is 11.2. The van der Waals surface area contributed by atoms with Crippen LogP contribution in [0.2, 0.25) is 0 Å². The zero-order valence-corrected chi connectivity index (χ0v) is 8.16. The molecule has 1 rings (SSSR count). The van der Waals surface area contributed by atoms with Gasteiger partial charge in [-0.25, -0.2) is 9.59 Å². The van der Waals surface area contributed by atoms with Gasteiger partial charge in [0.25, 0.3) is 0 Å². The second kappa shape index (κ2) is 9.24. The number of hydrogen-bond acceptors (Lipinski definition) is 5. The summed E-state index contributed by atoms with van der Waals surface area (Å²) in [4.78, 5) is 21.8. The zero-order valence-electron chi connectivity index (χ0n) is 8.16. The second-order valence-corrected chi connectivity index (χ2v) is 2.96. The SMILES string of the molecule is O=C(O)c1ccc(C(=O)OCC(O)O)cc1.[LiH].[LiH]. The van der Waals surface area contributed by atoms with E-state index in [9.17, 15) is 9.59 Å². The molecule has 0 amide bonds. The Morgan fingerprint density at radius 1 is 1.06 bits per heavy atom. The molecule has 0 aliphatic carbocycles. The Labute approximate surface area is 127 Å². The first kappa shape index (κ1) is 19.6. The first-order valence-electron chi connectivity index (χ1n) is 4.37. The first-order chi connectivity index (χ1) is 7.50. The van der Waals surface area contributed by atoms with Crippen LogP contribution in [-0.4, -0.2) is 77.9 Å². The van der Waals surface area contributed by atoms with Crippen molar-refractivity contribution in [3.05, 3.63) is 35.4 Å². The van der Waals surface area contributed by atoms with Gasteiger partial charge in [0.1, 0.15) is 6.61 Å². The molecule has 1 aromatic rings. The standard InChI is InChI=1S/C10H10O6.2Li.2H/c11-8(12)5-16-10(15)7-3-1-6(2-4-7)9(13)14;;;;/h1-4,8,11-12H,5H2,(H,13,14);;;;. The summed E-state index contributed by atoms with van der Waals surface area (Å²) < 4.78 is 4.50. The fourth-order valence-electron chi connectivity index (χ4n) is 0.982. The van der Waals surface area contributed by atoms with E-state index in [1.807, 2.05) is 0 Å². The van der Waals surface area contributed by atoms with Gasteiger partial charge in [-0.15, -0.1) is 0 Å². The van der Waals surface area contributed by atoms with Crippen molar-refractivity contribution in [1.82, 2.24) is 0 Å². The van der Waals surface area contributed by atoms with Gasteiger partial charge in [0, 0.05) is 0 Å². The number of carbonyl (C=O) groups excluding carboxylic acids is 1. The first-order valence-corrected chi connectivity index (χ1v) is 4.37. The molecule has 0 spiro atoms. The molecule has 0 aliphatic heterocycles. The number of carbonyl (C=O) groups is 2. The molecule has 0 heterocycles. The normalized spacial score (nSPS) is 9.06. The Bertz CT molecular complexity index is 390. The van der Waals surface area contributed by atoms with Gasteiger partial charge in [-0.1, -0.05) is 0 Å². The summed E-state index contributed by atoms with van der Waals surface area (Å²) in [5.41, 5.74) is 0.199. The van der Waals surface area contributed by atoms with Gasteiger partial charge >= 0.3 is 49.7 Å². The number of carboxylic acids is 1. The molecule has 0 radical (unpaired) electrons. The van der Waals surface area contributed by atoms with Crippen LogP contribution in [0.3, 0.4) is 0 Å². The molecule has 1 aromatic carbocycles. The minimum atomic E-state index is -1.72. The number of esters is 1. The van der Waals surface area contributed by atoms with Crippen molar-refractivity contribution in [2.75, 3.05) is 6.61 Å². The zero-order chi connectivity index (χ0) is 12.1. The number of benzene rings is 1. The maximum atomic E-state index is 11.2. The molecule has 0 atom stereocenters. The van der Waals surface area contributed by atoms with Crippen LogP contribution in [0.15, 0.2) is 24.3 Å². The van der Waals surface area contributed by atoms with Gasteiger partial charge in [0.2, 0.25) is 0 Å². The average Bonchev–Trinajstić information content (AvgIpc) is 2.26. The summed E-state index contributed by atoms with van der Waals surface area (Å²) in [6.45, 7) is -0.528. The summed E-state index contributed by atoms with van der Waals surface area (Å²) in [5.74, 6) is -1.84. The molecular formula is C10H12Li2O6. The molecule has 0 fully saturated rings. The van der Waals surface area contributed by atoms with E-state index >= 15 is 0 Å². The summed E-state index contributed by atoms with van der Waals surface area (Å²) in [6, 6.07) is 5.09. The van der Waals surface area contributed by atoms with Gasteiger partial charge < -0.3 is 20.1 Å². The average molecular weight is 242 g/mol. The topological polar surface area (TPSA) is 104 Å². The Morgan fingerprint density at radius 2 is 1.50 bits per heavy atom.